The number of thiocarbonyl (C=S) groups is 1. The fraction of sp³-hybridized carbons (Fsp3) is 0.333. The van der Waals surface area contributed by atoms with Crippen LogP contribution in [0.5, 0.6) is 0 Å². The quantitative estimate of drug-likeness (QED) is 0.729. The number of aryl methyl sites for hydroxylation is 1. The Morgan fingerprint density at radius 3 is 2.38 bits per heavy atom. The zero-order valence-corrected chi connectivity index (χ0v) is 10.3. The molecule has 2 rings (SSSR count). The predicted molar refractivity (Wildman–Crippen MR) is 68.5 cm³/mol. The van der Waals surface area contributed by atoms with E-state index in [1.165, 1.54) is 5.56 Å². The highest BCUT2D eigenvalue weighted by molar-refractivity contribution is 7.80. The van der Waals surface area contributed by atoms with E-state index in [2.05, 4.69) is 6.92 Å². The minimum atomic E-state index is 0.0387. The van der Waals surface area contributed by atoms with Crippen molar-refractivity contribution in [3.63, 3.8) is 0 Å². The van der Waals surface area contributed by atoms with Crippen LogP contribution >= 0.6 is 12.2 Å². The highest BCUT2D eigenvalue weighted by atomic mass is 32.1. The molecule has 0 unspecified atom stereocenters. The molecule has 0 saturated carbocycles. The number of carbonyl (C=O) groups excluding carboxylic acids is 1. The molecule has 0 aromatic heterocycles. The summed E-state index contributed by atoms with van der Waals surface area (Å²) in [7, 11) is 1.83. The molecule has 1 heterocycles. The number of carbonyl (C=O) groups is 1. The molecule has 1 aromatic rings. The van der Waals surface area contributed by atoms with Crippen LogP contribution in [0, 0.1) is 0 Å². The summed E-state index contributed by atoms with van der Waals surface area (Å²) >= 11 is 5.21. The minimum absolute atomic E-state index is 0.0387. The normalized spacial score (nSPS) is 16.1. The van der Waals surface area contributed by atoms with Gasteiger partial charge >= 0.3 is 0 Å². The summed E-state index contributed by atoms with van der Waals surface area (Å²) < 4.78 is 0. The Hall–Kier alpha value is -1.42. The lowest BCUT2D eigenvalue weighted by atomic mass is 10.1. The fourth-order valence-electron chi connectivity index (χ4n) is 1.75. The number of benzene rings is 1. The van der Waals surface area contributed by atoms with Gasteiger partial charge in [-0.1, -0.05) is 19.1 Å². The van der Waals surface area contributed by atoms with Crippen molar-refractivity contribution in [2.75, 3.05) is 18.5 Å². The second-order valence-corrected chi connectivity index (χ2v) is 4.25. The molecular formula is C12H14N2OS. The van der Waals surface area contributed by atoms with Crippen LogP contribution in [-0.2, 0) is 11.2 Å². The number of anilines is 1. The zero-order chi connectivity index (χ0) is 11.7. The van der Waals surface area contributed by atoms with Crippen molar-refractivity contribution >= 4 is 28.9 Å². The predicted octanol–water partition coefficient (Wildman–Crippen LogP) is 1.81. The van der Waals surface area contributed by atoms with E-state index in [4.69, 9.17) is 12.2 Å². The molecule has 0 bridgehead atoms. The molecule has 16 heavy (non-hydrogen) atoms. The third-order valence-corrected chi connectivity index (χ3v) is 3.24. The van der Waals surface area contributed by atoms with Crippen LogP contribution in [0.2, 0.25) is 0 Å². The third kappa shape index (κ3) is 1.80. The maximum Gasteiger partial charge on any atom is 0.252 e. The van der Waals surface area contributed by atoms with Crippen molar-refractivity contribution in [3.05, 3.63) is 29.8 Å². The standard InChI is InChI=1S/C12H14N2OS/c1-3-9-4-6-10(7-5-9)14-11(15)8-13(2)12(14)16/h4-7H,3,8H2,1-2H3. The summed E-state index contributed by atoms with van der Waals surface area (Å²) in [6.45, 7) is 2.47. The van der Waals surface area contributed by atoms with Gasteiger partial charge in [0.1, 0.15) is 0 Å². The molecule has 4 heteroatoms. The molecule has 0 atom stereocenters. The summed E-state index contributed by atoms with van der Waals surface area (Å²) in [6, 6.07) is 7.96. The number of amides is 1. The molecule has 1 saturated heterocycles. The van der Waals surface area contributed by atoms with Gasteiger partial charge < -0.3 is 4.90 Å². The molecule has 1 aliphatic rings. The topological polar surface area (TPSA) is 23.6 Å². The van der Waals surface area contributed by atoms with E-state index in [1.807, 2.05) is 31.3 Å². The Morgan fingerprint density at radius 2 is 1.94 bits per heavy atom. The number of hydrogen-bond acceptors (Lipinski definition) is 2. The van der Waals surface area contributed by atoms with Crippen molar-refractivity contribution in [1.82, 2.24) is 4.90 Å². The second-order valence-electron chi connectivity index (χ2n) is 3.89. The first-order chi connectivity index (χ1) is 7.63. The van der Waals surface area contributed by atoms with Gasteiger partial charge in [-0.15, -0.1) is 0 Å². The average Bonchev–Trinajstić information content (AvgIpc) is 2.54. The average molecular weight is 234 g/mol. The van der Waals surface area contributed by atoms with Gasteiger partial charge in [0.05, 0.1) is 12.2 Å². The maximum atomic E-state index is 11.7. The Labute approximate surface area is 101 Å². The van der Waals surface area contributed by atoms with Crippen molar-refractivity contribution < 1.29 is 4.79 Å². The molecule has 0 N–H and O–H groups in total. The van der Waals surface area contributed by atoms with Crippen molar-refractivity contribution in [3.8, 4) is 0 Å². The van der Waals surface area contributed by atoms with Gasteiger partial charge in [0.15, 0.2) is 5.11 Å². The van der Waals surface area contributed by atoms with E-state index in [-0.39, 0.29) is 5.91 Å². The van der Waals surface area contributed by atoms with Gasteiger partial charge in [-0.3, -0.25) is 9.69 Å². The lowest BCUT2D eigenvalue weighted by Gasteiger charge is -2.17. The van der Waals surface area contributed by atoms with Crippen LogP contribution < -0.4 is 4.90 Å². The fourth-order valence-corrected chi connectivity index (χ4v) is 2.03. The Morgan fingerprint density at radius 1 is 1.31 bits per heavy atom. The first kappa shape index (κ1) is 11.1. The van der Waals surface area contributed by atoms with Crippen LogP contribution in [0.1, 0.15) is 12.5 Å². The first-order valence-electron chi connectivity index (χ1n) is 5.30. The highest BCUT2D eigenvalue weighted by Gasteiger charge is 2.31. The first-order valence-corrected chi connectivity index (χ1v) is 5.71. The second kappa shape index (κ2) is 4.22. The summed E-state index contributed by atoms with van der Waals surface area (Å²) in [5.41, 5.74) is 2.12. The molecule has 1 amide bonds. The van der Waals surface area contributed by atoms with E-state index in [9.17, 15) is 4.79 Å². The molecule has 0 spiro atoms. The summed E-state index contributed by atoms with van der Waals surface area (Å²) in [4.78, 5) is 15.1. The van der Waals surface area contributed by atoms with Gasteiger partial charge in [-0.25, -0.2) is 0 Å². The van der Waals surface area contributed by atoms with E-state index in [0.717, 1.165) is 12.1 Å². The molecule has 1 aromatic carbocycles. The van der Waals surface area contributed by atoms with E-state index < -0.39 is 0 Å². The smallest absolute Gasteiger partial charge is 0.252 e. The highest BCUT2D eigenvalue weighted by Crippen LogP contribution is 2.21. The Kier molecular flexibility index (Phi) is 2.92. The van der Waals surface area contributed by atoms with Crippen LogP contribution in [0.25, 0.3) is 0 Å². The largest absolute Gasteiger partial charge is 0.342 e. The van der Waals surface area contributed by atoms with Crippen molar-refractivity contribution in [2.45, 2.75) is 13.3 Å². The van der Waals surface area contributed by atoms with Gasteiger partial charge in [-0.05, 0) is 36.3 Å². The van der Waals surface area contributed by atoms with E-state index >= 15 is 0 Å². The minimum Gasteiger partial charge on any atom is -0.342 e. The van der Waals surface area contributed by atoms with Crippen LogP contribution in [0.3, 0.4) is 0 Å². The van der Waals surface area contributed by atoms with Crippen LogP contribution in [0.4, 0.5) is 5.69 Å². The molecule has 0 aliphatic carbocycles. The van der Waals surface area contributed by atoms with Gasteiger partial charge in [0, 0.05) is 7.05 Å². The Bertz CT molecular complexity index is 427. The molecule has 0 radical (unpaired) electrons. The SMILES string of the molecule is CCc1ccc(N2C(=O)CN(C)C2=S)cc1. The van der Waals surface area contributed by atoms with Crippen molar-refractivity contribution in [2.24, 2.45) is 0 Å². The molecular weight excluding hydrogens is 220 g/mol. The van der Waals surface area contributed by atoms with E-state index in [1.54, 1.807) is 9.80 Å². The molecule has 84 valence electrons. The molecule has 1 aliphatic heterocycles. The Balaban J connectivity index is 2.30. The number of hydrogen-bond donors (Lipinski definition) is 0. The zero-order valence-electron chi connectivity index (χ0n) is 9.43. The number of likely N-dealkylation sites (N-methyl/N-ethyl adjacent to an activating group) is 1. The van der Waals surface area contributed by atoms with E-state index in [0.29, 0.717) is 11.7 Å². The monoisotopic (exact) mass is 234 g/mol. The molecule has 1 fully saturated rings. The molecule has 3 nitrogen and oxygen atoms in total. The van der Waals surface area contributed by atoms with Crippen molar-refractivity contribution in [1.29, 1.82) is 0 Å². The van der Waals surface area contributed by atoms with Crippen LogP contribution in [-0.4, -0.2) is 29.5 Å². The number of nitrogens with zero attached hydrogens (tertiary/aromatic N) is 2. The van der Waals surface area contributed by atoms with Gasteiger partial charge in [-0.2, -0.15) is 0 Å². The summed E-state index contributed by atoms with van der Waals surface area (Å²) in [6.07, 6.45) is 0.999. The lowest BCUT2D eigenvalue weighted by molar-refractivity contribution is -0.116. The lowest BCUT2D eigenvalue weighted by Crippen LogP contribution is -2.31. The number of rotatable bonds is 2. The van der Waals surface area contributed by atoms with Gasteiger partial charge in [0.25, 0.3) is 5.91 Å². The van der Waals surface area contributed by atoms with Crippen LogP contribution in [0.15, 0.2) is 24.3 Å². The summed E-state index contributed by atoms with van der Waals surface area (Å²) in [5.74, 6) is 0.0387. The summed E-state index contributed by atoms with van der Waals surface area (Å²) in [5, 5.41) is 0.578. The maximum absolute atomic E-state index is 11.7. The third-order valence-electron chi connectivity index (χ3n) is 2.74. The van der Waals surface area contributed by atoms with Gasteiger partial charge in [0.2, 0.25) is 0 Å².